The van der Waals surface area contributed by atoms with Gasteiger partial charge in [0.1, 0.15) is 0 Å². The summed E-state index contributed by atoms with van der Waals surface area (Å²) in [7, 11) is 0. The summed E-state index contributed by atoms with van der Waals surface area (Å²) in [6, 6.07) is 4.18. The number of rotatable bonds is 4. The minimum Gasteiger partial charge on any atom is -0.384 e. The first-order valence-corrected chi connectivity index (χ1v) is 7.68. The highest BCUT2D eigenvalue weighted by Crippen LogP contribution is 2.38. The Morgan fingerprint density at radius 1 is 1.35 bits per heavy atom. The van der Waals surface area contributed by atoms with Gasteiger partial charge in [-0.1, -0.05) is 19.3 Å². The molecule has 0 aromatic carbocycles. The lowest BCUT2D eigenvalue weighted by Crippen LogP contribution is -2.35. The van der Waals surface area contributed by atoms with Gasteiger partial charge in [-0.3, -0.25) is 4.98 Å². The largest absolute Gasteiger partial charge is 0.384 e. The highest BCUT2D eigenvalue weighted by Gasteiger charge is 2.30. The van der Waals surface area contributed by atoms with Crippen LogP contribution in [0.4, 0.5) is 5.69 Å². The lowest BCUT2D eigenvalue weighted by atomic mass is 9.88. The van der Waals surface area contributed by atoms with E-state index >= 15 is 0 Å². The van der Waals surface area contributed by atoms with E-state index in [-0.39, 0.29) is 0 Å². The fourth-order valence-electron chi connectivity index (χ4n) is 2.57. The van der Waals surface area contributed by atoms with Crippen molar-refractivity contribution in [3.8, 4) is 0 Å². The number of hydrogen-bond donors (Lipinski definition) is 1. The van der Waals surface area contributed by atoms with Crippen LogP contribution in [0.3, 0.4) is 0 Å². The van der Waals surface area contributed by atoms with Crippen LogP contribution in [-0.4, -0.2) is 22.5 Å². The van der Waals surface area contributed by atoms with Crippen molar-refractivity contribution in [2.75, 3.05) is 18.1 Å². The van der Waals surface area contributed by atoms with Crippen LogP contribution < -0.4 is 5.32 Å². The highest BCUT2D eigenvalue weighted by atomic mass is 32.2. The molecule has 3 heteroatoms. The van der Waals surface area contributed by atoms with E-state index in [0.717, 1.165) is 12.2 Å². The minimum absolute atomic E-state index is 0.454. The molecular weight excluding hydrogens is 228 g/mol. The highest BCUT2D eigenvalue weighted by molar-refractivity contribution is 8.00. The Labute approximate surface area is 109 Å². The van der Waals surface area contributed by atoms with Crippen molar-refractivity contribution >= 4 is 17.4 Å². The quantitative estimate of drug-likeness (QED) is 0.878. The Kier molecular flexibility index (Phi) is 4.32. The molecule has 0 spiro atoms. The van der Waals surface area contributed by atoms with Gasteiger partial charge in [0, 0.05) is 28.9 Å². The van der Waals surface area contributed by atoms with E-state index in [9.17, 15) is 0 Å². The third-order valence-electron chi connectivity index (χ3n) is 3.71. The van der Waals surface area contributed by atoms with Gasteiger partial charge in [-0.25, -0.2) is 0 Å². The molecule has 17 heavy (non-hydrogen) atoms. The van der Waals surface area contributed by atoms with Crippen LogP contribution in [0.5, 0.6) is 0 Å². The number of nitrogens with zero attached hydrogens (tertiary/aromatic N) is 1. The van der Waals surface area contributed by atoms with Crippen molar-refractivity contribution in [1.82, 2.24) is 4.98 Å². The molecule has 1 aromatic rings. The molecule has 0 radical (unpaired) electrons. The van der Waals surface area contributed by atoms with E-state index in [4.69, 9.17) is 0 Å². The molecule has 0 atom stereocenters. The predicted octanol–water partition coefficient (Wildman–Crippen LogP) is 3.87. The zero-order valence-electron chi connectivity index (χ0n) is 10.8. The Bertz CT molecular complexity index is 359. The first-order valence-electron chi connectivity index (χ1n) is 6.46. The summed E-state index contributed by atoms with van der Waals surface area (Å²) < 4.78 is 0.454. The molecule has 1 aliphatic rings. The summed E-state index contributed by atoms with van der Waals surface area (Å²) in [5.74, 6) is 0. The fraction of sp³-hybridized carbons (Fsp3) is 0.643. The second kappa shape index (κ2) is 5.76. The molecule has 1 saturated carbocycles. The molecule has 0 bridgehead atoms. The van der Waals surface area contributed by atoms with Crippen molar-refractivity contribution in [2.24, 2.45) is 0 Å². The number of thioether (sulfide) groups is 1. The second-order valence-electron chi connectivity index (χ2n) is 4.99. The third kappa shape index (κ3) is 3.38. The number of aryl methyl sites for hydroxylation is 1. The van der Waals surface area contributed by atoms with Crippen LogP contribution in [0.1, 0.15) is 37.8 Å². The normalized spacial score (nSPS) is 18.9. The molecule has 1 heterocycles. The molecule has 0 saturated heterocycles. The van der Waals surface area contributed by atoms with Crippen molar-refractivity contribution in [2.45, 2.75) is 43.8 Å². The van der Waals surface area contributed by atoms with E-state index in [0.29, 0.717) is 4.75 Å². The van der Waals surface area contributed by atoms with Gasteiger partial charge >= 0.3 is 0 Å². The lowest BCUT2D eigenvalue weighted by Gasteiger charge is -2.36. The molecule has 2 nitrogen and oxygen atoms in total. The summed E-state index contributed by atoms with van der Waals surface area (Å²) >= 11 is 2.04. The van der Waals surface area contributed by atoms with Crippen molar-refractivity contribution in [1.29, 1.82) is 0 Å². The number of aromatic nitrogens is 1. The van der Waals surface area contributed by atoms with E-state index in [1.165, 1.54) is 37.8 Å². The van der Waals surface area contributed by atoms with Gasteiger partial charge in [0.25, 0.3) is 0 Å². The SMILES string of the molecule is CSC1(CNc2ccnc(C)c2)CCCCC1. The van der Waals surface area contributed by atoms with Crippen LogP contribution in [0.15, 0.2) is 18.3 Å². The molecule has 0 unspecified atom stereocenters. The Hall–Kier alpha value is -0.700. The number of anilines is 1. The van der Waals surface area contributed by atoms with Gasteiger partial charge in [-0.15, -0.1) is 0 Å². The summed E-state index contributed by atoms with van der Waals surface area (Å²) in [4.78, 5) is 4.23. The van der Waals surface area contributed by atoms with Gasteiger partial charge in [-0.05, 0) is 38.2 Å². The van der Waals surface area contributed by atoms with Gasteiger partial charge in [0.15, 0.2) is 0 Å². The minimum atomic E-state index is 0.454. The average Bonchev–Trinajstić information content (AvgIpc) is 2.38. The summed E-state index contributed by atoms with van der Waals surface area (Å²) in [5.41, 5.74) is 2.29. The molecule has 2 rings (SSSR count). The van der Waals surface area contributed by atoms with E-state index in [2.05, 4.69) is 28.7 Å². The fourth-order valence-corrected chi connectivity index (χ4v) is 3.48. The smallest absolute Gasteiger partial charge is 0.0393 e. The first kappa shape index (κ1) is 12.7. The van der Waals surface area contributed by atoms with Crippen LogP contribution >= 0.6 is 11.8 Å². The molecule has 94 valence electrons. The molecular formula is C14H22N2S. The summed E-state index contributed by atoms with van der Waals surface area (Å²) in [5, 5.41) is 3.59. The number of hydrogen-bond acceptors (Lipinski definition) is 3. The van der Waals surface area contributed by atoms with E-state index in [1.54, 1.807) is 0 Å². The second-order valence-corrected chi connectivity index (χ2v) is 6.26. The molecule has 1 aromatic heterocycles. The maximum Gasteiger partial charge on any atom is 0.0393 e. The summed E-state index contributed by atoms with van der Waals surface area (Å²) in [6.45, 7) is 3.12. The summed E-state index contributed by atoms with van der Waals surface area (Å²) in [6.07, 6.45) is 11.0. The monoisotopic (exact) mass is 250 g/mol. The lowest BCUT2D eigenvalue weighted by molar-refractivity contribution is 0.411. The maximum atomic E-state index is 4.23. The Balaban J connectivity index is 1.95. The van der Waals surface area contributed by atoms with E-state index in [1.807, 2.05) is 24.9 Å². The van der Waals surface area contributed by atoms with Crippen LogP contribution in [-0.2, 0) is 0 Å². The molecule has 1 aliphatic carbocycles. The van der Waals surface area contributed by atoms with Crippen LogP contribution in [0.2, 0.25) is 0 Å². The van der Waals surface area contributed by atoms with Crippen molar-refractivity contribution in [3.05, 3.63) is 24.0 Å². The van der Waals surface area contributed by atoms with Crippen LogP contribution in [0.25, 0.3) is 0 Å². The van der Waals surface area contributed by atoms with Gasteiger partial charge < -0.3 is 5.32 Å². The maximum absolute atomic E-state index is 4.23. The zero-order chi connectivity index (χ0) is 12.1. The van der Waals surface area contributed by atoms with Crippen molar-refractivity contribution in [3.63, 3.8) is 0 Å². The first-order chi connectivity index (χ1) is 8.24. The molecule has 0 aliphatic heterocycles. The Morgan fingerprint density at radius 2 is 2.12 bits per heavy atom. The number of pyridine rings is 1. The van der Waals surface area contributed by atoms with Crippen molar-refractivity contribution < 1.29 is 0 Å². The molecule has 0 amide bonds. The number of nitrogens with one attached hydrogen (secondary N) is 1. The molecule has 1 N–H and O–H groups in total. The topological polar surface area (TPSA) is 24.9 Å². The average molecular weight is 250 g/mol. The van der Waals surface area contributed by atoms with Gasteiger partial charge in [-0.2, -0.15) is 11.8 Å². The predicted molar refractivity (Wildman–Crippen MR) is 76.8 cm³/mol. The Morgan fingerprint density at radius 3 is 2.76 bits per heavy atom. The third-order valence-corrected chi connectivity index (χ3v) is 5.13. The zero-order valence-corrected chi connectivity index (χ0v) is 11.6. The van der Waals surface area contributed by atoms with Gasteiger partial charge in [0.2, 0.25) is 0 Å². The van der Waals surface area contributed by atoms with Gasteiger partial charge in [0.05, 0.1) is 0 Å². The van der Waals surface area contributed by atoms with Crippen LogP contribution in [0, 0.1) is 6.92 Å². The van der Waals surface area contributed by atoms with E-state index < -0.39 is 0 Å². The molecule has 1 fully saturated rings. The standard InChI is InChI=1S/C14H22N2S/c1-12-10-13(6-9-15-12)16-11-14(17-2)7-4-3-5-8-14/h6,9-10H,3-5,7-8,11H2,1-2H3,(H,15,16).